The van der Waals surface area contributed by atoms with E-state index in [9.17, 15) is 13.2 Å². The first-order valence-electron chi connectivity index (χ1n) is 7.59. The van der Waals surface area contributed by atoms with Crippen LogP contribution in [0.15, 0.2) is 29.2 Å². The number of anilines is 1. The van der Waals surface area contributed by atoms with Gasteiger partial charge in [0.05, 0.1) is 10.8 Å². The molecule has 1 fully saturated rings. The summed E-state index contributed by atoms with van der Waals surface area (Å²) in [6, 6.07) is 6.48. The number of primary amides is 1. The third kappa shape index (κ3) is 4.22. The minimum Gasteiger partial charge on any atom is -0.369 e. The van der Waals surface area contributed by atoms with Crippen molar-refractivity contribution in [2.75, 3.05) is 32.5 Å². The van der Waals surface area contributed by atoms with Crippen LogP contribution in [0.5, 0.6) is 0 Å². The number of piperidine rings is 1. The Hall–Kier alpha value is -1.71. The fourth-order valence-electron chi connectivity index (χ4n) is 2.54. The molecule has 1 aromatic carbocycles. The zero-order valence-electron chi connectivity index (χ0n) is 13.7. The second kappa shape index (κ2) is 7.45. The van der Waals surface area contributed by atoms with Crippen LogP contribution in [-0.2, 0) is 14.8 Å². The molecule has 0 radical (unpaired) electrons. The molecule has 1 amide bonds. The SMILES string of the molecule is CN(C)S(=O)(=O)c1cccc(NC(=S)N2CCC[C@H](C(N)=O)C2)c1. The molecule has 24 heavy (non-hydrogen) atoms. The van der Waals surface area contributed by atoms with E-state index in [4.69, 9.17) is 18.0 Å². The Balaban J connectivity index is 2.11. The number of amides is 1. The smallest absolute Gasteiger partial charge is 0.242 e. The van der Waals surface area contributed by atoms with E-state index in [-0.39, 0.29) is 16.7 Å². The van der Waals surface area contributed by atoms with Crippen LogP contribution >= 0.6 is 12.2 Å². The summed E-state index contributed by atoms with van der Waals surface area (Å²) < 4.78 is 25.5. The van der Waals surface area contributed by atoms with Crippen LogP contribution < -0.4 is 11.1 Å². The first-order chi connectivity index (χ1) is 11.2. The van der Waals surface area contributed by atoms with Crippen LogP contribution in [0.3, 0.4) is 0 Å². The van der Waals surface area contributed by atoms with E-state index < -0.39 is 10.0 Å². The number of hydrogen-bond donors (Lipinski definition) is 2. The molecule has 1 atom stereocenters. The van der Waals surface area contributed by atoms with Crippen molar-refractivity contribution in [2.45, 2.75) is 17.7 Å². The number of benzene rings is 1. The number of carbonyl (C=O) groups is 1. The number of nitrogens with zero attached hydrogens (tertiary/aromatic N) is 2. The highest BCUT2D eigenvalue weighted by Gasteiger charge is 2.25. The first-order valence-corrected chi connectivity index (χ1v) is 9.44. The van der Waals surface area contributed by atoms with E-state index >= 15 is 0 Å². The zero-order valence-corrected chi connectivity index (χ0v) is 15.4. The van der Waals surface area contributed by atoms with Gasteiger partial charge in [-0.2, -0.15) is 0 Å². The van der Waals surface area contributed by atoms with Gasteiger partial charge in [-0.1, -0.05) is 6.07 Å². The van der Waals surface area contributed by atoms with Crippen LogP contribution in [0, 0.1) is 5.92 Å². The van der Waals surface area contributed by atoms with Gasteiger partial charge in [0.15, 0.2) is 5.11 Å². The molecule has 1 heterocycles. The largest absolute Gasteiger partial charge is 0.369 e. The second-order valence-corrected chi connectivity index (χ2v) is 8.47. The van der Waals surface area contributed by atoms with Gasteiger partial charge in [0, 0.05) is 32.9 Å². The molecule has 1 aliphatic heterocycles. The molecule has 1 aromatic rings. The number of carbonyl (C=O) groups excluding carboxylic acids is 1. The average Bonchev–Trinajstić information content (AvgIpc) is 2.55. The Morgan fingerprint density at radius 2 is 2.12 bits per heavy atom. The molecule has 0 aromatic heterocycles. The number of hydrogen-bond acceptors (Lipinski definition) is 4. The maximum atomic E-state index is 12.2. The molecule has 1 aliphatic rings. The van der Waals surface area contributed by atoms with Gasteiger partial charge in [-0.3, -0.25) is 4.79 Å². The number of likely N-dealkylation sites (tertiary alicyclic amines) is 1. The summed E-state index contributed by atoms with van der Waals surface area (Å²) in [6.07, 6.45) is 1.61. The Morgan fingerprint density at radius 1 is 1.42 bits per heavy atom. The fraction of sp³-hybridized carbons (Fsp3) is 0.467. The van der Waals surface area contributed by atoms with Crippen molar-refractivity contribution in [1.82, 2.24) is 9.21 Å². The summed E-state index contributed by atoms with van der Waals surface area (Å²) in [7, 11) is -0.537. The van der Waals surface area contributed by atoms with Crippen LogP contribution in [-0.4, -0.2) is 55.8 Å². The van der Waals surface area contributed by atoms with E-state index in [1.54, 1.807) is 12.1 Å². The van der Waals surface area contributed by atoms with Gasteiger partial charge >= 0.3 is 0 Å². The van der Waals surface area contributed by atoms with E-state index in [1.807, 2.05) is 4.90 Å². The summed E-state index contributed by atoms with van der Waals surface area (Å²) in [5.74, 6) is -0.527. The van der Waals surface area contributed by atoms with E-state index in [1.165, 1.54) is 26.2 Å². The lowest BCUT2D eigenvalue weighted by atomic mass is 9.98. The van der Waals surface area contributed by atoms with Crippen molar-refractivity contribution in [2.24, 2.45) is 11.7 Å². The van der Waals surface area contributed by atoms with Gasteiger partial charge in [0.1, 0.15) is 0 Å². The monoisotopic (exact) mass is 370 g/mol. The van der Waals surface area contributed by atoms with Gasteiger partial charge in [0.25, 0.3) is 0 Å². The third-order valence-electron chi connectivity index (χ3n) is 3.97. The number of nitrogens with two attached hydrogens (primary N) is 1. The quantitative estimate of drug-likeness (QED) is 0.762. The minimum atomic E-state index is -3.50. The molecular formula is C15H22N4O3S2. The van der Waals surface area contributed by atoms with Crippen LogP contribution in [0.1, 0.15) is 12.8 Å². The highest BCUT2D eigenvalue weighted by Crippen LogP contribution is 2.20. The van der Waals surface area contributed by atoms with E-state index in [0.29, 0.717) is 17.3 Å². The molecular weight excluding hydrogens is 348 g/mol. The van der Waals surface area contributed by atoms with E-state index in [2.05, 4.69) is 5.32 Å². The maximum Gasteiger partial charge on any atom is 0.242 e. The lowest BCUT2D eigenvalue weighted by molar-refractivity contribution is -0.122. The molecule has 0 spiro atoms. The number of thiocarbonyl (C=S) groups is 1. The van der Waals surface area contributed by atoms with E-state index in [0.717, 1.165) is 23.7 Å². The van der Waals surface area contributed by atoms with Gasteiger partial charge < -0.3 is 16.0 Å². The van der Waals surface area contributed by atoms with Crippen molar-refractivity contribution < 1.29 is 13.2 Å². The molecule has 0 aliphatic carbocycles. The summed E-state index contributed by atoms with van der Waals surface area (Å²) in [5.41, 5.74) is 5.96. The van der Waals surface area contributed by atoms with Gasteiger partial charge in [0.2, 0.25) is 15.9 Å². The molecule has 1 saturated heterocycles. The predicted molar refractivity (Wildman–Crippen MR) is 97.0 cm³/mol. The second-order valence-electron chi connectivity index (χ2n) is 5.93. The standard InChI is InChI=1S/C15H22N4O3S2/c1-18(2)24(21,22)13-7-3-6-12(9-13)17-15(23)19-8-4-5-11(10-19)14(16)20/h3,6-7,9,11H,4-5,8,10H2,1-2H3,(H2,16,20)(H,17,23)/t11-/m0/s1. The topological polar surface area (TPSA) is 95.7 Å². The Bertz CT molecular complexity index is 734. The Morgan fingerprint density at radius 3 is 2.75 bits per heavy atom. The molecule has 0 saturated carbocycles. The van der Waals surface area contributed by atoms with Gasteiger partial charge in [-0.15, -0.1) is 0 Å². The summed E-state index contributed by atoms with van der Waals surface area (Å²) in [5, 5.41) is 3.50. The number of sulfonamides is 1. The minimum absolute atomic E-state index is 0.189. The molecule has 7 nitrogen and oxygen atoms in total. The van der Waals surface area contributed by atoms with Crippen molar-refractivity contribution in [3.05, 3.63) is 24.3 Å². The lowest BCUT2D eigenvalue weighted by Crippen LogP contribution is -2.45. The average molecular weight is 371 g/mol. The predicted octanol–water partition coefficient (Wildman–Crippen LogP) is 0.831. The van der Waals surface area contributed by atoms with Crippen LogP contribution in [0.25, 0.3) is 0 Å². The third-order valence-corrected chi connectivity index (χ3v) is 6.15. The van der Waals surface area contributed by atoms with Crippen molar-refractivity contribution >= 4 is 38.9 Å². The van der Waals surface area contributed by atoms with Gasteiger partial charge in [-0.25, -0.2) is 12.7 Å². The van der Waals surface area contributed by atoms with Crippen molar-refractivity contribution in [1.29, 1.82) is 0 Å². The number of nitrogens with one attached hydrogen (secondary N) is 1. The van der Waals surface area contributed by atoms with Gasteiger partial charge in [-0.05, 0) is 43.3 Å². The van der Waals surface area contributed by atoms with Crippen molar-refractivity contribution in [3.8, 4) is 0 Å². The summed E-state index contributed by atoms with van der Waals surface area (Å²) >= 11 is 5.39. The molecule has 9 heteroatoms. The normalized spacial score (nSPS) is 18.5. The molecule has 2 rings (SSSR count). The summed E-state index contributed by atoms with van der Waals surface area (Å²) in [4.78, 5) is 13.4. The molecule has 3 N–H and O–H groups in total. The zero-order chi connectivity index (χ0) is 17.9. The van der Waals surface area contributed by atoms with Crippen molar-refractivity contribution in [3.63, 3.8) is 0 Å². The highest BCUT2D eigenvalue weighted by molar-refractivity contribution is 7.89. The van der Waals surface area contributed by atoms with Crippen LogP contribution in [0.4, 0.5) is 5.69 Å². The Labute approximate surface area is 147 Å². The number of rotatable bonds is 4. The fourth-order valence-corrected chi connectivity index (χ4v) is 3.77. The molecule has 0 unspecified atom stereocenters. The highest BCUT2D eigenvalue weighted by atomic mass is 32.2. The molecule has 132 valence electrons. The summed E-state index contributed by atoms with van der Waals surface area (Å²) in [6.45, 7) is 1.22. The lowest BCUT2D eigenvalue weighted by Gasteiger charge is -2.33. The maximum absolute atomic E-state index is 12.2. The first kappa shape index (κ1) is 18.6. The molecule has 0 bridgehead atoms. The Kier molecular flexibility index (Phi) is 5.79. The van der Waals surface area contributed by atoms with Crippen LogP contribution in [0.2, 0.25) is 0 Å².